The third-order valence-electron chi connectivity index (χ3n) is 3.95. The molecule has 3 atom stereocenters. The van der Waals surface area contributed by atoms with Crippen LogP contribution < -0.4 is 0 Å². The number of rotatable bonds is 1. The lowest BCUT2D eigenvalue weighted by Crippen LogP contribution is -2.32. The second-order valence-electron chi connectivity index (χ2n) is 5.13. The number of allylic oxidation sites excluding steroid dienone is 2. The van der Waals surface area contributed by atoms with Crippen molar-refractivity contribution >= 4 is 15.9 Å². The van der Waals surface area contributed by atoms with Crippen molar-refractivity contribution in [1.29, 1.82) is 5.26 Å². The van der Waals surface area contributed by atoms with Crippen molar-refractivity contribution in [2.45, 2.75) is 24.7 Å². The van der Waals surface area contributed by atoms with E-state index in [1.165, 1.54) is 6.42 Å². The molecule has 0 aliphatic heterocycles. The first-order chi connectivity index (χ1) is 8.22. The summed E-state index contributed by atoms with van der Waals surface area (Å²) in [6, 6.07) is 4.60. The molecule has 1 aromatic rings. The summed E-state index contributed by atoms with van der Waals surface area (Å²) in [5.74, 6) is 1.15. The summed E-state index contributed by atoms with van der Waals surface area (Å²) in [5, 5.41) is 9.63. The lowest BCUT2D eigenvalue weighted by atomic mass is 9.66. The van der Waals surface area contributed by atoms with Gasteiger partial charge in [0.15, 0.2) is 0 Å². The van der Waals surface area contributed by atoms with E-state index < -0.39 is 0 Å². The summed E-state index contributed by atoms with van der Waals surface area (Å²) in [7, 11) is 0. The maximum Gasteiger partial charge on any atom is 0.0848 e. The Balaban J connectivity index is 2.02. The second kappa shape index (κ2) is 3.96. The van der Waals surface area contributed by atoms with Crippen molar-refractivity contribution in [3.05, 3.63) is 40.6 Å². The minimum Gasteiger partial charge on any atom is -0.263 e. The Labute approximate surface area is 109 Å². The molecule has 2 aliphatic rings. The smallest absolute Gasteiger partial charge is 0.0848 e. The van der Waals surface area contributed by atoms with Gasteiger partial charge in [0, 0.05) is 16.9 Å². The first kappa shape index (κ1) is 11.0. The summed E-state index contributed by atoms with van der Waals surface area (Å²) in [5.41, 5.74) is 0.723. The van der Waals surface area contributed by atoms with Crippen LogP contribution in [0.3, 0.4) is 0 Å². The average molecular weight is 289 g/mol. The molecule has 0 saturated heterocycles. The van der Waals surface area contributed by atoms with Gasteiger partial charge in [0.2, 0.25) is 0 Å². The highest BCUT2D eigenvalue weighted by atomic mass is 79.9. The highest BCUT2D eigenvalue weighted by Gasteiger charge is 2.43. The van der Waals surface area contributed by atoms with Crippen molar-refractivity contribution in [3.63, 3.8) is 0 Å². The number of pyridine rings is 1. The highest BCUT2D eigenvalue weighted by Crippen LogP contribution is 2.48. The van der Waals surface area contributed by atoms with Gasteiger partial charge in [-0.25, -0.2) is 0 Å². The Morgan fingerprint density at radius 3 is 2.59 bits per heavy atom. The molecule has 1 saturated carbocycles. The molecule has 1 fully saturated rings. The fraction of sp³-hybridized carbons (Fsp3) is 0.429. The number of aromatic nitrogens is 1. The molecule has 0 amide bonds. The van der Waals surface area contributed by atoms with Gasteiger partial charge in [-0.1, -0.05) is 12.2 Å². The normalized spacial score (nSPS) is 34.6. The Morgan fingerprint density at radius 1 is 1.29 bits per heavy atom. The van der Waals surface area contributed by atoms with Gasteiger partial charge >= 0.3 is 0 Å². The van der Waals surface area contributed by atoms with Crippen LogP contribution in [0.15, 0.2) is 35.1 Å². The topological polar surface area (TPSA) is 36.7 Å². The van der Waals surface area contributed by atoms with Crippen molar-refractivity contribution < 1.29 is 0 Å². The zero-order valence-corrected chi connectivity index (χ0v) is 11.0. The van der Waals surface area contributed by atoms with E-state index in [4.69, 9.17) is 0 Å². The number of hydrogen-bond acceptors (Lipinski definition) is 2. The first-order valence-electron chi connectivity index (χ1n) is 5.92. The van der Waals surface area contributed by atoms with Gasteiger partial charge in [0.25, 0.3) is 0 Å². The predicted octanol–water partition coefficient (Wildman–Crippen LogP) is 3.59. The van der Waals surface area contributed by atoms with E-state index in [-0.39, 0.29) is 5.41 Å². The molecule has 1 heterocycles. The van der Waals surface area contributed by atoms with Gasteiger partial charge in [0.05, 0.1) is 11.5 Å². The fourth-order valence-electron chi connectivity index (χ4n) is 3.21. The standard InChI is InChI=1S/C14H13BrN2/c15-13-4-12(7-17-8-13)14(9-16)5-10-1-2-11(3-10)6-14/h1-2,4,7-8,10-11H,3,5-6H2/t10-,11+,14?. The van der Waals surface area contributed by atoms with E-state index in [9.17, 15) is 5.26 Å². The summed E-state index contributed by atoms with van der Waals surface area (Å²) >= 11 is 3.44. The molecule has 0 N–H and O–H groups in total. The molecule has 1 aromatic heterocycles. The zero-order valence-electron chi connectivity index (χ0n) is 9.44. The molecule has 17 heavy (non-hydrogen) atoms. The van der Waals surface area contributed by atoms with Crippen LogP contribution in [0.5, 0.6) is 0 Å². The summed E-state index contributed by atoms with van der Waals surface area (Å²) < 4.78 is 0.954. The molecule has 0 aromatic carbocycles. The largest absolute Gasteiger partial charge is 0.263 e. The van der Waals surface area contributed by atoms with Crippen LogP contribution in [-0.4, -0.2) is 4.98 Å². The SMILES string of the molecule is N#CC1(c2cncc(Br)c2)C[C@@H]2C=C[C@@H](C2)C1. The molecule has 0 spiro atoms. The predicted molar refractivity (Wildman–Crippen MR) is 69.2 cm³/mol. The maximum atomic E-state index is 9.63. The summed E-state index contributed by atoms with van der Waals surface area (Å²) in [4.78, 5) is 4.20. The van der Waals surface area contributed by atoms with Crippen LogP contribution in [0.2, 0.25) is 0 Å². The number of fused-ring (bicyclic) bond motifs is 2. The molecule has 1 unspecified atom stereocenters. The van der Waals surface area contributed by atoms with Crippen molar-refractivity contribution in [3.8, 4) is 6.07 Å². The number of hydrogen-bond donors (Lipinski definition) is 0. The Kier molecular flexibility index (Phi) is 2.56. The molecule has 2 bridgehead atoms. The lowest BCUT2D eigenvalue weighted by Gasteiger charge is -2.35. The Hall–Kier alpha value is -1.14. The molecule has 2 nitrogen and oxygen atoms in total. The molecule has 3 rings (SSSR count). The third-order valence-corrected chi connectivity index (χ3v) is 4.39. The van der Waals surface area contributed by atoms with E-state index in [1.807, 2.05) is 12.3 Å². The van der Waals surface area contributed by atoms with Crippen molar-refractivity contribution in [2.24, 2.45) is 11.8 Å². The van der Waals surface area contributed by atoms with Crippen molar-refractivity contribution in [1.82, 2.24) is 4.98 Å². The number of halogens is 1. The van der Waals surface area contributed by atoms with E-state index in [2.05, 4.69) is 39.1 Å². The minimum atomic E-state index is -0.339. The van der Waals surface area contributed by atoms with Crippen LogP contribution in [0.1, 0.15) is 24.8 Å². The number of nitriles is 1. The molecular formula is C14H13BrN2. The monoisotopic (exact) mass is 288 g/mol. The molecular weight excluding hydrogens is 276 g/mol. The van der Waals surface area contributed by atoms with Crippen LogP contribution in [-0.2, 0) is 5.41 Å². The van der Waals surface area contributed by atoms with Crippen molar-refractivity contribution in [2.75, 3.05) is 0 Å². The highest BCUT2D eigenvalue weighted by molar-refractivity contribution is 9.10. The third kappa shape index (κ3) is 1.81. The Bertz CT molecular complexity index is 501. The Morgan fingerprint density at radius 2 is 2.00 bits per heavy atom. The van der Waals surface area contributed by atoms with Crippen LogP contribution >= 0.6 is 15.9 Å². The number of nitrogens with zero attached hydrogens (tertiary/aromatic N) is 2. The summed E-state index contributed by atoms with van der Waals surface area (Å²) in [6.07, 6.45) is 11.3. The fourth-order valence-corrected chi connectivity index (χ4v) is 3.57. The molecule has 2 aliphatic carbocycles. The van der Waals surface area contributed by atoms with Gasteiger partial charge in [0.1, 0.15) is 0 Å². The van der Waals surface area contributed by atoms with Crippen LogP contribution in [0, 0.1) is 23.2 Å². The van der Waals surface area contributed by atoms with Gasteiger partial charge in [-0.2, -0.15) is 5.26 Å². The van der Waals surface area contributed by atoms with E-state index >= 15 is 0 Å². The quantitative estimate of drug-likeness (QED) is 0.741. The minimum absolute atomic E-state index is 0.339. The molecule has 3 heteroatoms. The van der Waals surface area contributed by atoms with Crippen LogP contribution in [0.4, 0.5) is 0 Å². The van der Waals surface area contributed by atoms with Crippen LogP contribution in [0.25, 0.3) is 0 Å². The zero-order chi connectivity index (χ0) is 11.9. The van der Waals surface area contributed by atoms with Gasteiger partial charge in [-0.3, -0.25) is 4.98 Å². The van der Waals surface area contributed by atoms with E-state index in [0.29, 0.717) is 11.8 Å². The van der Waals surface area contributed by atoms with E-state index in [1.54, 1.807) is 6.20 Å². The maximum absolute atomic E-state index is 9.63. The van der Waals surface area contributed by atoms with Gasteiger partial charge in [-0.15, -0.1) is 0 Å². The second-order valence-corrected chi connectivity index (χ2v) is 6.05. The summed E-state index contributed by atoms with van der Waals surface area (Å²) in [6.45, 7) is 0. The molecule has 0 radical (unpaired) electrons. The van der Waals surface area contributed by atoms with Gasteiger partial charge < -0.3 is 0 Å². The van der Waals surface area contributed by atoms with E-state index in [0.717, 1.165) is 22.9 Å². The lowest BCUT2D eigenvalue weighted by molar-refractivity contribution is 0.281. The average Bonchev–Trinajstić information content (AvgIpc) is 2.69. The first-order valence-corrected chi connectivity index (χ1v) is 6.72. The molecule has 86 valence electrons. The van der Waals surface area contributed by atoms with Gasteiger partial charge in [-0.05, 0) is 58.7 Å².